The second kappa shape index (κ2) is 6.12. The van der Waals surface area contributed by atoms with Crippen LogP contribution in [0.3, 0.4) is 0 Å². The molecule has 0 bridgehead atoms. The second-order valence-electron chi connectivity index (χ2n) is 4.86. The lowest BCUT2D eigenvalue weighted by molar-refractivity contribution is 0.0491. The van der Waals surface area contributed by atoms with Gasteiger partial charge in [-0.15, -0.1) is 0 Å². The number of rotatable bonds is 3. The van der Waals surface area contributed by atoms with Gasteiger partial charge in [0.2, 0.25) is 0 Å². The van der Waals surface area contributed by atoms with Crippen molar-refractivity contribution in [3.05, 3.63) is 0 Å². The molecule has 0 unspecified atom stereocenters. The molecule has 0 spiro atoms. The third-order valence-electron chi connectivity index (χ3n) is 1.84. The van der Waals surface area contributed by atoms with Crippen LogP contribution in [-0.2, 0) is 4.74 Å². The maximum Gasteiger partial charge on any atom is 0.422 e. The molecule has 6 N–H and O–H groups in total. The van der Waals surface area contributed by atoms with Gasteiger partial charge < -0.3 is 4.74 Å². The highest BCUT2D eigenvalue weighted by Gasteiger charge is 2.17. The summed E-state index contributed by atoms with van der Waals surface area (Å²) in [4.78, 5) is 11.3. The fourth-order valence-corrected chi connectivity index (χ4v) is 1.15. The Morgan fingerprint density at radius 2 is 1.82 bits per heavy atom. The zero-order chi connectivity index (χ0) is 12.9. The van der Waals surface area contributed by atoms with Crippen LogP contribution in [0, 0.1) is 0 Å². The normalized spacial score (nSPS) is 25.4. The molecule has 17 heavy (non-hydrogen) atoms. The van der Waals surface area contributed by atoms with Crippen molar-refractivity contribution >= 4 is 6.09 Å². The summed E-state index contributed by atoms with van der Waals surface area (Å²) in [5.41, 5.74) is 16.7. The molecular weight excluding hydrogens is 224 g/mol. The van der Waals surface area contributed by atoms with Crippen LogP contribution in [0.5, 0.6) is 0 Å². The molecule has 0 aromatic heterocycles. The largest absolute Gasteiger partial charge is 0.443 e. The van der Waals surface area contributed by atoms with Crippen molar-refractivity contribution < 1.29 is 9.53 Å². The van der Waals surface area contributed by atoms with Crippen LogP contribution in [0.15, 0.2) is 0 Å². The molecule has 0 saturated carbocycles. The highest BCUT2D eigenvalue weighted by Crippen LogP contribution is 2.05. The lowest BCUT2D eigenvalue weighted by atomic mass is 10.2. The SMILES string of the molecule is CC1NNC(CNNC(=O)OC(C)(C)C)NN1. The Balaban J connectivity index is 2.09. The van der Waals surface area contributed by atoms with E-state index in [0.717, 1.165) is 0 Å². The van der Waals surface area contributed by atoms with Gasteiger partial charge in [0.05, 0.1) is 12.3 Å². The van der Waals surface area contributed by atoms with Gasteiger partial charge in [-0.05, 0) is 27.7 Å². The molecule has 1 aliphatic heterocycles. The average molecular weight is 246 g/mol. The van der Waals surface area contributed by atoms with E-state index in [1.54, 1.807) is 0 Å². The first-order valence-electron chi connectivity index (χ1n) is 5.61. The smallest absolute Gasteiger partial charge is 0.422 e. The van der Waals surface area contributed by atoms with Crippen molar-refractivity contribution in [1.29, 1.82) is 0 Å². The number of amides is 1. The Hall–Kier alpha value is -0.930. The molecule has 1 fully saturated rings. The minimum atomic E-state index is -0.498. The van der Waals surface area contributed by atoms with Gasteiger partial charge in [0.15, 0.2) is 0 Å². The molecule has 8 nitrogen and oxygen atoms in total. The van der Waals surface area contributed by atoms with E-state index in [2.05, 4.69) is 32.6 Å². The average Bonchev–Trinajstić information content (AvgIpc) is 2.18. The van der Waals surface area contributed by atoms with E-state index in [1.165, 1.54) is 0 Å². The summed E-state index contributed by atoms with van der Waals surface area (Å²) >= 11 is 0. The van der Waals surface area contributed by atoms with E-state index in [-0.39, 0.29) is 12.3 Å². The van der Waals surface area contributed by atoms with E-state index < -0.39 is 11.7 Å². The second-order valence-corrected chi connectivity index (χ2v) is 4.86. The molecule has 1 heterocycles. The van der Waals surface area contributed by atoms with Gasteiger partial charge in [-0.3, -0.25) is 5.43 Å². The Kier molecular flexibility index (Phi) is 5.09. The van der Waals surface area contributed by atoms with E-state index in [1.807, 2.05) is 27.7 Å². The standard InChI is InChI=1S/C9H22N6O2/c1-6-11-13-7(14-12-6)5-10-15-8(16)17-9(2,3)4/h6-7,10-14H,5H2,1-4H3,(H,15,16). The summed E-state index contributed by atoms with van der Waals surface area (Å²) < 4.78 is 5.06. The summed E-state index contributed by atoms with van der Waals surface area (Å²) in [6, 6.07) is 0. The summed E-state index contributed by atoms with van der Waals surface area (Å²) in [7, 11) is 0. The Labute approximate surface area is 101 Å². The number of carbonyl (C=O) groups excluding carboxylic acids is 1. The molecule has 0 aromatic rings. The van der Waals surface area contributed by atoms with Crippen LogP contribution in [0.4, 0.5) is 4.79 Å². The molecular formula is C9H22N6O2. The maximum atomic E-state index is 11.3. The quantitative estimate of drug-likeness (QED) is 0.351. The molecule has 0 aromatic carbocycles. The van der Waals surface area contributed by atoms with Crippen molar-refractivity contribution in [2.45, 2.75) is 45.6 Å². The monoisotopic (exact) mass is 246 g/mol. The van der Waals surface area contributed by atoms with Crippen molar-refractivity contribution in [3.8, 4) is 0 Å². The zero-order valence-electron chi connectivity index (χ0n) is 10.7. The van der Waals surface area contributed by atoms with Gasteiger partial charge in [0.25, 0.3) is 0 Å². The van der Waals surface area contributed by atoms with Crippen LogP contribution < -0.4 is 32.6 Å². The molecule has 8 heteroatoms. The van der Waals surface area contributed by atoms with Crippen LogP contribution in [0.2, 0.25) is 0 Å². The summed E-state index contributed by atoms with van der Waals surface area (Å²) in [6.45, 7) is 7.89. The van der Waals surface area contributed by atoms with Crippen LogP contribution in [0.1, 0.15) is 27.7 Å². The van der Waals surface area contributed by atoms with E-state index in [9.17, 15) is 4.79 Å². The van der Waals surface area contributed by atoms with Crippen molar-refractivity contribution in [2.24, 2.45) is 0 Å². The van der Waals surface area contributed by atoms with E-state index in [4.69, 9.17) is 4.74 Å². The van der Waals surface area contributed by atoms with E-state index >= 15 is 0 Å². The lowest BCUT2D eigenvalue weighted by Crippen LogP contribution is -2.70. The minimum Gasteiger partial charge on any atom is -0.443 e. The number of hydrogen-bond donors (Lipinski definition) is 6. The molecule has 1 aliphatic rings. The van der Waals surface area contributed by atoms with Gasteiger partial charge in [-0.1, -0.05) is 0 Å². The predicted octanol–water partition coefficient (Wildman–Crippen LogP) is -1.11. The maximum absolute atomic E-state index is 11.3. The zero-order valence-corrected chi connectivity index (χ0v) is 10.7. The van der Waals surface area contributed by atoms with E-state index in [0.29, 0.717) is 6.54 Å². The lowest BCUT2D eigenvalue weighted by Gasteiger charge is -2.31. The Bertz CT molecular complexity index is 246. The molecule has 1 amide bonds. The predicted molar refractivity (Wildman–Crippen MR) is 63.2 cm³/mol. The number of hydrazine groups is 3. The summed E-state index contributed by atoms with van der Waals surface area (Å²) in [5, 5.41) is 0. The minimum absolute atomic E-state index is 0.0406. The third kappa shape index (κ3) is 6.39. The van der Waals surface area contributed by atoms with Crippen molar-refractivity contribution in [3.63, 3.8) is 0 Å². The summed E-state index contributed by atoms with van der Waals surface area (Å²) in [5.74, 6) is 0. The van der Waals surface area contributed by atoms with Crippen LogP contribution in [-0.4, -0.2) is 30.6 Å². The van der Waals surface area contributed by atoms with Crippen LogP contribution in [0.25, 0.3) is 0 Å². The van der Waals surface area contributed by atoms with Crippen molar-refractivity contribution in [2.75, 3.05) is 6.54 Å². The fourth-order valence-electron chi connectivity index (χ4n) is 1.15. The number of ether oxygens (including phenoxy) is 1. The van der Waals surface area contributed by atoms with Crippen LogP contribution >= 0.6 is 0 Å². The van der Waals surface area contributed by atoms with Gasteiger partial charge in [-0.25, -0.2) is 31.9 Å². The first kappa shape index (κ1) is 14.1. The highest BCUT2D eigenvalue weighted by atomic mass is 16.6. The topological polar surface area (TPSA) is 98.5 Å². The fraction of sp³-hybridized carbons (Fsp3) is 0.889. The molecule has 100 valence electrons. The molecule has 0 aliphatic carbocycles. The third-order valence-corrected chi connectivity index (χ3v) is 1.84. The first-order chi connectivity index (χ1) is 7.87. The van der Waals surface area contributed by atoms with Crippen molar-refractivity contribution in [1.82, 2.24) is 32.6 Å². The van der Waals surface area contributed by atoms with Gasteiger partial charge in [-0.2, -0.15) is 0 Å². The first-order valence-corrected chi connectivity index (χ1v) is 5.61. The Morgan fingerprint density at radius 3 is 2.35 bits per heavy atom. The molecule has 0 atom stereocenters. The van der Waals surface area contributed by atoms with Gasteiger partial charge >= 0.3 is 6.09 Å². The number of nitrogens with one attached hydrogen (secondary N) is 6. The highest BCUT2D eigenvalue weighted by molar-refractivity contribution is 5.66. The molecule has 0 radical (unpaired) electrons. The number of hydrogen-bond acceptors (Lipinski definition) is 7. The number of carbonyl (C=O) groups is 1. The molecule has 1 saturated heterocycles. The molecule has 1 rings (SSSR count). The van der Waals surface area contributed by atoms with Gasteiger partial charge in [0.1, 0.15) is 5.60 Å². The Morgan fingerprint density at radius 1 is 1.24 bits per heavy atom. The summed E-state index contributed by atoms with van der Waals surface area (Å²) in [6.07, 6.45) is -0.395. The van der Waals surface area contributed by atoms with Gasteiger partial charge in [0, 0.05) is 6.54 Å².